The van der Waals surface area contributed by atoms with E-state index in [0.717, 1.165) is 41.5 Å². The van der Waals surface area contributed by atoms with Crippen LogP contribution in [0, 0.1) is 5.92 Å². The van der Waals surface area contributed by atoms with Crippen LogP contribution in [-0.4, -0.2) is 45.4 Å². The van der Waals surface area contributed by atoms with Gasteiger partial charge in [-0.05, 0) is 104 Å². The highest BCUT2D eigenvalue weighted by atomic mass is 16.7. The fraction of sp³-hybridized carbons (Fsp3) is 0.323. The quantitative estimate of drug-likeness (QED) is 0.261. The minimum absolute atomic E-state index is 0.270. The summed E-state index contributed by atoms with van der Waals surface area (Å²) < 4.78 is 16.1. The van der Waals surface area contributed by atoms with E-state index >= 15 is 0 Å². The predicted molar refractivity (Wildman–Crippen MR) is 146 cm³/mol. The number of hydrogen-bond donors (Lipinski definition) is 0. The number of methoxy groups -OCH3 is 1. The van der Waals surface area contributed by atoms with Gasteiger partial charge < -0.3 is 19.1 Å². The first-order valence-corrected chi connectivity index (χ1v) is 12.5. The summed E-state index contributed by atoms with van der Waals surface area (Å²) in [5.41, 5.74) is 6.15. The van der Waals surface area contributed by atoms with Gasteiger partial charge in [-0.15, -0.1) is 0 Å². The lowest BCUT2D eigenvalue weighted by molar-refractivity contribution is 0.105. The van der Waals surface area contributed by atoms with Crippen LogP contribution in [0.15, 0.2) is 71.8 Å². The summed E-state index contributed by atoms with van der Waals surface area (Å²) in [5.74, 6) is 1.81. The average Bonchev–Trinajstić information content (AvgIpc) is 2.86. The Morgan fingerprint density at radius 2 is 1.89 bits per heavy atom. The van der Waals surface area contributed by atoms with Crippen molar-refractivity contribution in [3.8, 4) is 11.5 Å². The highest BCUT2D eigenvalue weighted by Gasteiger charge is 2.26. The van der Waals surface area contributed by atoms with E-state index in [2.05, 4.69) is 56.3 Å². The Hall–Kier alpha value is -3.57. The van der Waals surface area contributed by atoms with Crippen molar-refractivity contribution in [2.45, 2.75) is 26.7 Å². The predicted octanol–water partition coefficient (Wildman–Crippen LogP) is 7.21. The topological polar surface area (TPSA) is 48.0 Å². The van der Waals surface area contributed by atoms with Crippen LogP contribution >= 0.6 is 0 Å². The minimum Gasteiger partial charge on any atom is -0.497 e. The van der Waals surface area contributed by atoms with Crippen molar-refractivity contribution in [3.63, 3.8) is 0 Å². The Labute approximate surface area is 214 Å². The maximum absolute atomic E-state index is 12.1. The maximum atomic E-state index is 12.1. The molecule has 1 unspecified atom stereocenters. The van der Waals surface area contributed by atoms with Crippen LogP contribution in [0.1, 0.15) is 37.8 Å². The molecule has 0 heterocycles. The molecule has 3 aromatic rings. The molecule has 5 nitrogen and oxygen atoms in total. The SMILES string of the molecule is CCOC(=O)Oc1cc(C=C2CCC(CN(C)C)C(c3cccc(OC)c3)=C2C)cc2ccccc12. The third-order valence-corrected chi connectivity index (χ3v) is 6.66. The first-order chi connectivity index (χ1) is 17.4. The second-order valence-electron chi connectivity index (χ2n) is 9.46. The number of rotatable bonds is 7. The Kier molecular flexibility index (Phi) is 8.11. The van der Waals surface area contributed by atoms with E-state index in [1.165, 1.54) is 22.3 Å². The molecule has 0 fully saturated rings. The van der Waals surface area contributed by atoms with Crippen LogP contribution in [0.4, 0.5) is 4.79 Å². The molecule has 188 valence electrons. The van der Waals surface area contributed by atoms with E-state index in [9.17, 15) is 4.79 Å². The lowest BCUT2D eigenvalue weighted by atomic mass is 9.76. The number of benzene rings is 3. The Balaban J connectivity index is 1.80. The van der Waals surface area contributed by atoms with Crippen LogP contribution in [-0.2, 0) is 4.74 Å². The highest BCUT2D eigenvalue weighted by molar-refractivity contribution is 5.92. The monoisotopic (exact) mass is 485 g/mol. The normalized spacial score (nSPS) is 17.1. The molecular formula is C31H35NO4. The molecule has 0 radical (unpaired) electrons. The number of allylic oxidation sites excluding steroid dienone is 2. The van der Waals surface area contributed by atoms with E-state index in [0.29, 0.717) is 11.7 Å². The first-order valence-electron chi connectivity index (χ1n) is 12.5. The number of carbonyl (C=O) groups excluding carboxylic acids is 1. The van der Waals surface area contributed by atoms with Gasteiger partial charge in [0.2, 0.25) is 0 Å². The van der Waals surface area contributed by atoms with E-state index in [1.807, 2.05) is 36.4 Å². The molecule has 0 aromatic heterocycles. The summed E-state index contributed by atoms with van der Waals surface area (Å²) >= 11 is 0. The largest absolute Gasteiger partial charge is 0.513 e. The lowest BCUT2D eigenvalue weighted by Crippen LogP contribution is -2.25. The van der Waals surface area contributed by atoms with Crippen molar-refractivity contribution < 1.29 is 19.0 Å². The molecule has 1 aliphatic rings. The summed E-state index contributed by atoms with van der Waals surface area (Å²) in [6, 6.07) is 20.3. The van der Waals surface area contributed by atoms with Crippen LogP contribution < -0.4 is 9.47 Å². The highest BCUT2D eigenvalue weighted by Crippen LogP contribution is 2.42. The Morgan fingerprint density at radius 3 is 2.64 bits per heavy atom. The Bertz CT molecular complexity index is 1300. The van der Waals surface area contributed by atoms with Crippen LogP contribution in [0.3, 0.4) is 0 Å². The zero-order chi connectivity index (χ0) is 25.7. The van der Waals surface area contributed by atoms with Gasteiger partial charge in [0.15, 0.2) is 0 Å². The number of ether oxygens (including phenoxy) is 3. The molecule has 0 aliphatic heterocycles. The molecule has 1 atom stereocenters. The van der Waals surface area contributed by atoms with Gasteiger partial charge in [-0.1, -0.05) is 42.5 Å². The number of carbonyl (C=O) groups is 1. The molecule has 0 N–H and O–H groups in total. The summed E-state index contributed by atoms with van der Waals surface area (Å²) in [6.45, 7) is 5.25. The molecule has 5 heteroatoms. The summed E-state index contributed by atoms with van der Waals surface area (Å²) in [6.07, 6.45) is 3.59. The first kappa shape index (κ1) is 25.5. The van der Waals surface area contributed by atoms with Gasteiger partial charge in [-0.3, -0.25) is 0 Å². The van der Waals surface area contributed by atoms with Gasteiger partial charge >= 0.3 is 6.16 Å². The van der Waals surface area contributed by atoms with Gasteiger partial charge in [0, 0.05) is 11.9 Å². The molecular weight excluding hydrogens is 450 g/mol. The minimum atomic E-state index is -0.687. The van der Waals surface area contributed by atoms with Crippen molar-refractivity contribution in [2.75, 3.05) is 34.4 Å². The van der Waals surface area contributed by atoms with Crippen LogP contribution in [0.5, 0.6) is 11.5 Å². The number of nitrogens with zero attached hydrogens (tertiary/aromatic N) is 1. The van der Waals surface area contributed by atoms with Crippen molar-refractivity contribution in [1.82, 2.24) is 4.90 Å². The van der Waals surface area contributed by atoms with E-state index in [-0.39, 0.29) is 6.61 Å². The van der Waals surface area contributed by atoms with Gasteiger partial charge in [-0.2, -0.15) is 0 Å². The van der Waals surface area contributed by atoms with Crippen LogP contribution in [0.25, 0.3) is 22.4 Å². The van der Waals surface area contributed by atoms with Gasteiger partial charge in [0.1, 0.15) is 11.5 Å². The molecule has 3 aromatic carbocycles. The van der Waals surface area contributed by atoms with E-state index < -0.39 is 6.16 Å². The van der Waals surface area contributed by atoms with E-state index in [4.69, 9.17) is 14.2 Å². The lowest BCUT2D eigenvalue weighted by Gasteiger charge is -2.32. The van der Waals surface area contributed by atoms with Crippen molar-refractivity contribution >= 4 is 28.6 Å². The van der Waals surface area contributed by atoms with E-state index in [1.54, 1.807) is 14.0 Å². The second-order valence-corrected chi connectivity index (χ2v) is 9.46. The molecule has 0 saturated heterocycles. The van der Waals surface area contributed by atoms with Crippen LogP contribution in [0.2, 0.25) is 0 Å². The number of fused-ring (bicyclic) bond motifs is 1. The Morgan fingerprint density at radius 1 is 1.08 bits per heavy atom. The standard InChI is InChI=1S/C31H35NO4/c1-6-35-31(33)36-29-18-22(17-24-10-7-8-13-28(24)29)16-23-14-15-26(20-32(3)4)30(21(23)2)25-11-9-12-27(19-25)34-5/h7-13,16-19,26H,6,14-15,20H2,1-5H3. The molecule has 0 amide bonds. The van der Waals surface area contributed by atoms with Crippen molar-refractivity contribution in [1.29, 1.82) is 0 Å². The van der Waals surface area contributed by atoms with Gasteiger partial charge in [0.05, 0.1) is 13.7 Å². The molecule has 1 aliphatic carbocycles. The summed E-state index contributed by atoms with van der Waals surface area (Å²) in [4.78, 5) is 14.4. The summed E-state index contributed by atoms with van der Waals surface area (Å²) in [7, 11) is 5.97. The van der Waals surface area contributed by atoms with Gasteiger partial charge in [-0.25, -0.2) is 4.79 Å². The fourth-order valence-corrected chi connectivity index (χ4v) is 5.09. The zero-order valence-electron chi connectivity index (χ0n) is 21.8. The molecule has 36 heavy (non-hydrogen) atoms. The maximum Gasteiger partial charge on any atom is 0.513 e. The second kappa shape index (κ2) is 11.4. The third kappa shape index (κ3) is 5.80. The van der Waals surface area contributed by atoms with Crippen molar-refractivity contribution in [2.24, 2.45) is 5.92 Å². The van der Waals surface area contributed by atoms with Crippen molar-refractivity contribution in [3.05, 3.63) is 82.9 Å². The fourth-order valence-electron chi connectivity index (χ4n) is 5.09. The molecule has 0 spiro atoms. The number of hydrogen-bond acceptors (Lipinski definition) is 5. The molecule has 0 bridgehead atoms. The van der Waals surface area contributed by atoms with Gasteiger partial charge in [0.25, 0.3) is 0 Å². The summed E-state index contributed by atoms with van der Waals surface area (Å²) in [5, 5.41) is 1.90. The smallest absolute Gasteiger partial charge is 0.497 e. The third-order valence-electron chi connectivity index (χ3n) is 6.66. The zero-order valence-corrected chi connectivity index (χ0v) is 21.8. The molecule has 0 saturated carbocycles. The molecule has 4 rings (SSSR count). The average molecular weight is 486 g/mol.